The van der Waals surface area contributed by atoms with Crippen molar-refractivity contribution in [3.63, 3.8) is 0 Å². The molecule has 16 nitrogen and oxygen atoms in total. The largest absolute Gasteiger partial charge is 0.491 e. The monoisotopic (exact) mass is 774 g/mol. The van der Waals surface area contributed by atoms with Gasteiger partial charge in [0.2, 0.25) is 0 Å². The maximum atomic E-state index is 12.8. The van der Waals surface area contributed by atoms with Crippen LogP contribution in [0.2, 0.25) is 0 Å². The van der Waals surface area contributed by atoms with Gasteiger partial charge in [-0.05, 0) is 54.8 Å². The molecule has 4 heterocycles. The second-order valence-electron chi connectivity index (χ2n) is 12.6. The van der Waals surface area contributed by atoms with E-state index in [1.165, 1.54) is 29.5 Å². The number of hydrogen-bond donors (Lipinski definition) is 5. The Morgan fingerprint density at radius 2 is 1.11 bits per heavy atom. The molecule has 0 aliphatic rings. The lowest BCUT2D eigenvalue weighted by atomic mass is 10.2. The van der Waals surface area contributed by atoms with Gasteiger partial charge in [0, 0.05) is 25.2 Å². The van der Waals surface area contributed by atoms with Crippen LogP contribution in [0.15, 0.2) is 113 Å². The van der Waals surface area contributed by atoms with Crippen molar-refractivity contribution in [3.8, 4) is 11.5 Å². The Labute approximate surface area is 326 Å². The standard InChI is InChI=1S/C24H24N4O4.C17H18N4O4/c1-17-23-21(25-14-18-7-9-20(10-8-18)31-12-11-29)13-22(30)28(24(23)27-16-26-17)32-15-19-5-3-2-4-6-19;1-11-16-14(8-15(23)21(24)17(16)20-10-19-11)18-9-12-2-4-13(5-3-12)25-7-6-22/h2-10,13,16,25,29H,11-12,14-15H2,1H3;2-5,8,10,18,22,24H,6-7,9H2,1H3. The Morgan fingerprint density at radius 3 is 1.63 bits per heavy atom. The number of ether oxygens (including phenoxy) is 2. The third-order valence-electron chi connectivity index (χ3n) is 8.65. The van der Waals surface area contributed by atoms with Crippen molar-refractivity contribution in [1.29, 1.82) is 0 Å². The molecule has 0 aliphatic heterocycles. The number of anilines is 2. The summed E-state index contributed by atoms with van der Waals surface area (Å²) in [5.74, 6) is 1.37. The Bertz CT molecular complexity index is 2530. The quantitative estimate of drug-likeness (QED) is 0.0933. The summed E-state index contributed by atoms with van der Waals surface area (Å²) in [5.41, 5.74) is 5.22. The fourth-order valence-corrected chi connectivity index (χ4v) is 5.83. The third kappa shape index (κ3) is 9.99. The number of aliphatic hydroxyl groups is 2. The fraction of sp³-hybridized carbons (Fsp3) is 0.220. The molecule has 3 aromatic carbocycles. The number of hydrogen-bond acceptors (Lipinski definition) is 14. The van der Waals surface area contributed by atoms with E-state index in [-0.39, 0.29) is 44.2 Å². The van der Waals surface area contributed by atoms with E-state index in [1.54, 1.807) is 6.92 Å². The number of pyridine rings is 2. The summed E-state index contributed by atoms with van der Waals surface area (Å²) in [6.07, 6.45) is 2.73. The lowest BCUT2D eigenvalue weighted by Gasteiger charge is -2.15. The lowest BCUT2D eigenvalue weighted by molar-refractivity contribution is 0.0979. The van der Waals surface area contributed by atoms with Gasteiger partial charge in [-0.3, -0.25) is 9.59 Å². The van der Waals surface area contributed by atoms with E-state index in [2.05, 4.69) is 30.6 Å². The number of aryl methyl sites for hydroxylation is 2. The number of nitrogens with one attached hydrogen (secondary N) is 2. The summed E-state index contributed by atoms with van der Waals surface area (Å²) in [6.45, 7) is 5.31. The molecule has 7 aromatic rings. The first-order chi connectivity index (χ1) is 27.7. The van der Waals surface area contributed by atoms with Gasteiger partial charge in [-0.1, -0.05) is 54.6 Å². The highest BCUT2D eigenvalue weighted by atomic mass is 16.7. The summed E-state index contributed by atoms with van der Waals surface area (Å²) >= 11 is 0. The van der Waals surface area contributed by atoms with Crippen LogP contribution in [0.25, 0.3) is 22.1 Å². The summed E-state index contributed by atoms with van der Waals surface area (Å²) in [6, 6.07) is 27.4. The highest BCUT2D eigenvalue weighted by Gasteiger charge is 2.15. The van der Waals surface area contributed by atoms with Crippen molar-refractivity contribution in [1.82, 2.24) is 29.4 Å². The van der Waals surface area contributed by atoms with Gasteiger partial charge in [-0.2, -0.15) is 0 Å². The number of nitrogens with zero attached hydrogens (tertiary/aromatic N) is 6. The average molecular weight is 775 g/mol. The topological polar surface area (TPSA) is 208 Å². The minimum absolute atomic E-state index is 0.0294. The zero-order chi connectivity index (χ0) is 40.1. The number of aliphatic hydroxyl groups excluding tert-OH is 2. The Kier molecular flexibility index (Phi) is 13.2. The zero-order valence-corrected chi connectivity index (χ0v) is 31.3. The van der Waals surface area contributed by atoms with E-state index in [9.17, 15) is 14.8 Å². The molecule has 5 N–H and O–H groups in total. The molecule has 0 saturated heterocycles. The second kappa shape index (κ2) is 19.0. The van der Waals surface area contributed by atoms with Gasteiger partial charge in [0.25, 0.3) is 11.1 Å². The molecule has 0 fully saturated rings. The Balaban J connectivity index is 0.000000199. The molecule has 294 valence electrons. The van der Waals surface area contributed by atoms with E-state index in [0.29, 0.717) is 57.4 Å². The Morgan fingerprint density at radius 1 is 0.614 bits per heavy atom. The van der Waals surface area contributed by atoms with E-state index in [0.717, 1.165) is 27.8 Å². The minimum atomic E-state index is -0.569. The van der Waals surface area contributed by atoms with Crippen LogP contribution in [0.5, 0.6) is 11.5 Å². The molecule has 4 aromatic heterocycles. The van der Waals surface area contributed by atoms with E-state index >= 15 is 0 Å². The molecule has 0 spiro atoms. The van der Waals surface area contributed by atoms with Crippen molar-refractivity contribution < 1.29 is 29.7 Å². The van der Waals surface area contributed by atoms with Crippen LogP contribution in [-0.4, -0.2) is 71.2 Å². The van der Waals surface area contributed by atoms with Gasteiger partial charge < -0.3 is 40.4 Å². The van der Waals surface area contributed by atoms with Crippen molar-refractivity contribution in [3.05, 3.63) is 152 Å². The molecular weight excluding hydrogens is 732 g/mol. The molecule has 0 bridgehead atoms. The fourth-order valence-electron chi connectivity index (χ4n) is 5.83. The molecule has 57 heavy (non-hydrogen) atoms. The van der Waals surface area contributed by atoms with Gasteiger partial charge in [0.1, 0.15) is 44.0 Å². The smallest absolute Gasteiger partial charge is 0.287 e. The highest BCUT2D eigenvalue weighted by Crippen LogP contribution is 2.24. The van der Waals surface area contributed by atoms with E-state index in [4.69, 9.17) is 24.5 Å². The molecule has 0 aliphatic carbocycles. The summed E-state index contributed by atoms with van der Waals surface area (Å²) in [4.78, 5) is 47.3. The predicted molar refractivity (Wildman–Crippen MR) is 214 cm³/mol. The number of fused-ring (bicyclic) bond motifs is 2. The van der Waals surface area contributed by atoms with Crippen molar-refractivity contribution >= 4 is 33.4 Å². The maximum Gasteiger partial charge on any atom is 0.287 e. The van der Waals surface area contributed by atoms with Crippen LogP contribution >= 0.6 is 0 Å². The first-order valence-corrected chi connectivity index (χ1v) is 18.0. The zero-order valence-electron chi connectivity index (χ0n) is 31.3. The van der Waals surface area contributed by atoms with E-state index in [1.807, 2.05) is 85.8 Å². The van der Waals surface area contributed by atoms with Crippen LogP contribution in [0, 0.1) is 13.8 Å². The molecule has 7 rings (SSSR count). The number of aromatic nitrogens is 6. The van der Waals surface area contributed by atoms with Gasteiger partial charge >= 0.3 is 0 Å². The van der Waals surface area contributed by atoms with Crippen LogP contribution in [-0.2, 0) is 19.7 Å². The molecule has 16 heteroatoms. The Hall–Kier alpha value is -7.04. The normalized spacial score (nSPS) is 10.8. The highest BCUT2D eigenvalue weighted by molar-refractivity contribution is 5.91. The summed E-state index contributed by atoms with van der Waals surface area (Å²) in [5, 5.41) is 35.3. The predicted octanol–water partition coefficient (Wildman–Crippen LogP) is 4.03. The van der Waals surface area contributed by atoms with Crippen molar-refractivity contribution in [2.45, 2.75) is 33.5 Å². The van der Waals surface area contributed by atoms with Crippen molar-refractivity contribution in [2.24, 2.45) is 0 Å². The van der Waals surface area contributed by atoms with Crippen molar-refractivity contribution in [2.75, 3.05) is 37.1 Å². The molecule has 0 radical (unpaired) electrons. The molecule has 0 amide bonds. The molecule has 0 atom stereocenters. The van der Waals surface area contributed by atoms with Gasteiger partial charge in [0.05, 0.1) is 46.7 Å². The first-order valence-electron chi connectivity index (χ1n) is 18.0. The van der Waals surface area contributed by atoms with Gasteiger partial charge in [-0.25, -0.2) is 19.9 Å². The van der Waals surface area contributed by atoms with Crippen LogP contribution in [0.1, 0.15) is 28.1 Å². The number of benzene rings is 3. The SMILES string of the molecule is Cc1ncnc2c1c(NCc1ccc(OCCO)cc1)cc(=O)n2O.Cc1ncnc2c1c(NCc1ccc(OCCO)cc1)cc(=O)n2OCc1ccccc1. The van der Waals surface area contributed by atoms with Crippen LogP contribution in [0.4, 0.5) is 11.4 Å². The number of rotatable bonds is 15. The van der Waals surface area contributed by atoms with Gasteiger partial charge in [0.15, 0.2) is 11.3 Å². The molecule has 0 saturated carbocycles. The summed E-state index contributed by atoms with van der Waals surface area (Å²) in [7, 11) is 0. The first kappa shape index (κ1) is 39.6. The van der Waals surface area contributed by atoms with Crippen LogP contribution < -0.4 is 36.1 Å². The molecular formula is C41H42N8O8. The lowest BCUT2D eigenvalue weighted by Crippen LogP contribution is -2.28. The maximum absolute atomic E-state index is 12.8. The third-order valence-corrected chi connectivity index (χ3v) is 8.65. The average Bonchev–Trinajstić information content (AvgIpc) is 3.23. The second-order valence-corrected chi connectivity index (χ2v) is 12.6. The molecule has 0 unspecified atom stereocenters. The van der Waals surface area contributed by atoms with Crippen LogP contribution in [0.3, 0.4) is 0 Å². The summed E-state index contributed by atoms with van der Waals surface area (Å²) < 4.78 is 12.4. The van der Waals surface area contributed by atoms with E-state index < -0.39 is 5.56 Å². The van der Waals surface area contributed by atoms with Gasteiger partial charge in [-0.15, -0.1) is 9.46 Å². The minimum Gasteiger partial charge on any atom is -0.491 e.